The van der Waals surface area contributed by atoms with Crippen LogP contribution in [0.2, 0.25) is 0 Å². The average Bonchev–Trinajstić information content (AvgIpc) is 2.49. The molecule has 0 spiro atoms. The molecule has 2 aromatic rings. The van der Waals surface area contributed by atoms with E-state index in [1.54, 1.807) is 11.0 Å². The lowest BCUT2D eigenvalue weighted by Crippen LogP contribution is -2.38. The van der Waals surface area contributed by atoms with Gasteiger partial charge in [-0.05, 0) is 24.6 Å². The summed E-state index contributed by atoms with van der Waals surface area (Å²) < 4.78 is 18.9. The Bertz CT molecular complexity index is 667. The van der Waals surface area contributed by atoms with Crippen LogP contribution in [-0.4, -0.2) is 19.1 Å². The molecule has 3 rings (SSSR count). The van der Waals surface area contributed by atoms with Crippen LogP contribution in [0.4, 0.5) is 10.1 Å². The largest absolute Gasteiger partial charge is 0.490 e. The van der Waals surface area contributed by atoms with E-state index in [9.17, 15) is 9.18 Å². The third kappa shape index (κ3) is 2.89. The summed E-state index contributed by atoms with van der Waals surface area (Å²) >= 11 is 0. The van der Waals surface area contributed by atoms with Gasteiger partial charge in [0.15, 0.2) is 0 Å². The average molecular weight is 285 g/mol. The molecule has 0 unspecified atom stereocenters. The summed E-state index contributed by atoms with van der Waals surface area (Å²) in [5.74, 6) is 0.140. The molecule has 0 fully saturated rings. The van der Waals surface area contributed by atoms with Gasteiger partial charge in [0.05, 0.1) is 18.7 Å². The number of hydrogen-bond acceptors (Lipinski definition) is 2. The SMILES string of the molecule is Cc1ccc(CC(=O)N2CCOc3ccc(F)cc32)cc1. The third-order valence-electron chi connectivity index (χ3n) is 3.56. The minimum absolute atomic E-state index is 0.0472. The number of carbonyl (C=O) groups is 1. The van der Waals surface area contributed by atoms with Gasteiger partial charge in [0.1, 0.15) is 18.2 Å². The number of hydrogen-bond donors (Lipinski definition) is 0. The van der Waals surface area contributed by atoms with Gasteiger partial charge in [-0.25, -0.2) is 4.39 Å². The van der Waals surface area contributed by atoms with E-state index in [0.717, 1.165) is 11.1 Å². The molecule has 1 amide bonds. The molecule has 0 bridgehead atoms. The van der Waals surface area contributed by atoms with E-state index in [-0.39, 0.29) is 11.7 Å². The van der Waals surface area contributed by atoms with Crippen LogP contribution in [0, 0.1) is 12.7 Å². The highest BCUT2D eigenvalue weighted by atomic mass is 19.1. The summed E-state index contributed by atoms with van der Waals surface area (Å²) in [4.78, 5) is 14.1. The van der Waals surface area contributed by atoms with Gasteiger partial charge in [0.2, 0.25) is 5.91 Å². The van der Waals surface area contributed by atoms with Crippen LogP contribution in [0.15, 0.2) is 42.5 Å². The van der Waals surface area contributed by atoms with Crippen molar-refractivity contribution in [1.82, 2.24) is 0 Å². The highest BCUT2D eigenvalue weighted by molar-refractivity contribution is 5.96. The lowest BCUT2D eigenvalue weighted by atomic mass is 10.1. The molecule has 2 aromatic carbocycles. The highest BCUT2D eigenvalue weighted by Crippen LogP contribution is 2.32. The lowest BCUT2D eigenvalue weighted by Gasteiger charge is -2.29. The zero-order valence-electron chi connectivity index (χ0n) is 11.8. The van der Waals surface area contributed by atoms with Gasteiger partial charge >= 0.3 is 0 Å². The summed E-state index contributed by atoms with van der Waals surface area (Å²) in [5.41, 5.74) is 2.62. The van der Waals surface area contributed by atoms with Gasteiger partial charge in [-0.1, -0.05) is 29.8 Å². The van der Waals surface area contributed by atoms with Crippen molar-refractivity contribution in [3.8, 4) is 5.75 Å². The van der Waals surface area contributed by atoms with E-state index < -0.39 is 0 Å². The Labute approximate surface area is 123 Å². The predicted molar refractivity (Wildman–Crippen MR) is 79.1 cm³/mol. The molecule has 0 saturated carbocycles. The monoisotopic (exact) mass is 285 g/mol. The Hall–Kier alpha value is -2.36. The number of fused-ring (bicyclic) bond motifs is 1. The van der Waals surface area contributed by atoms with E-state index in [0.29, 0.717) is 31.0 Å². The lowest BCUT2D eigenvalue weighted by molar-refractivity contribution is -0.118. The quantitative estimate of drug-likeness (QED) is 0.848. The normalized spacial score (nSPS) is 13.5. The van der Waals surface area contributed by atoms with Crippen molar-refractivity contribution >= 4 is 11.6 Å². The number of aryl methyl sites for hydroxylation is 1. The fraction of sp³-hybridized carbons (Fsp3) is 0.235. The fourth-order valence-electron chi connectivity index (χ4n) is 2.43. The van der Waals surface area contributed by atoms with Crippen LogP contribution < -0.4 is 9.64 Å². The van der Waals surface area contributed by atoms with E-state index in [4.69, 9.17) is 4.74 Å². The van der Waals surface area contributed by atoms with Crippen LogP contribution in [0.3, 0.4) is 0 Å². The van der Waals surface area contributed by atoms with Gasteiger partial charge in [-0.2, -0.15) is 0 Å². The molecular weight excluding hydrogens is 269 g/mol. The van der Waals surface area contributed by atoms with Gasteiger partial charge in [-0.15, -0.1) is 0 Å². The summed E-state index contributed by atoms with van der Waals surface area (Å²) in [6.07, 6.45) is 0.302. The Morgan fingerprint density at radius 3 is 2.76 bits per heavy atom. The first-order valence-electron chi connectivity index (χ1n) is 6.92. The Kier molecular flexibility index (Phi) is 3.60. The Morgan fingerprint density at radius 1 is 1.24 bits per heavy atom. The van der Waals surface area contributed by atoms with Crippen molar-refractivity contribution < 1.29 is 13.9 Å². The molecule has 4 heteroatoms. The maximum Gasteiger partial charge on any atom is 0.231 e. The van der Waals surface area contributed by atoms with Gasteiger partial charge in [0.25, 0.3) is 0 Å². The number of amides is 1. The van der Waals surface area contributed by atoms with Crippen LogP contribution >= 0.6 is 0 Å². The van der Waals surface area contributed by atoms with Crippen molar-refractivity contribution in [2.45, 2.75) is 13.3 Å². The third-order valence-corrected chi connectivity index (χ3v) is 3.56. The second-order valence-electron chi connectivity index (χ2n) is 5.17. The van der Waals surface area contributed by atoms with Crippen molar-refractivity contribution in [2.75, 3.05) is 18.1 Å². The summed E-state index contributed by atoms with van der Waals surface area (Å²) in [6, 6.07) is 12.1. The molecule has 1 heterocycles. The number of benzene rings is 2. The van der Waals surface area contributed by atoms with E-state index in [1.807, 2.05) is 31.2 Å². The number of ether oxygens (including phenoxy) is 1. The molecule has 108 valence electrons. The summed E-state index contributed by atoms with van der Waals surface area (Å²) in [6.45, 7) is 2.88. The Balaban J connectivity index is 1.83. The zero-order chi connectivity index (χ0) is 14.8. The van der Waals surface area contributed by atoms with Crippen LogP contribution in [-0.2, 0) is 11.2 Å². The van der Waals surface area contributed by atoms with E-state index >= 15 is 0 Å². The van der Waals surface area contributed by atoms with E-state index in [2.05, 4.69) is 0 Å². The first-order valence-corrected chi connectivity index (χ1v) is 6.92. The van der Waals surface area contributed by atoms with Crippen molar-refractivity contribution in [3.63, 3.8) is 0 Å². The number of carbonyl (C=O) groups excluding carboxylic acids is 1. The molecule has 1 aliphatic heterocycles. The standard InChI is InChI=1S/C17H16FNO2/c1-12-2-4-13(5-3-12)10-17(20)19-8-9-21-16-7-6-14(18)11-15(16)19/h2-7,11H,8-10H2,1H3. The first-order chi connectivity index (χ1) is 10.1. The molecule has 0 aliphatic carbocycles. The molecule has 3 nitrogen and oxygen atoms in total. The van der Waals surface area contributed by atoms with Gasteiger partial charge in [-0.3, -0.25) is 4.79 Å². The molecule has 0 aromatic heterocycles. The van der Waals surface area contributed by atoms with E-state index in [1.165, 1.54) is 12.1 Å². The summed E-state index contributed by atoms with van der Waals surface area (Å²) in [7, 11) is 0. The van der Waals surface area contributed by atoms with Crippen molar-refractivity contribution in [3.05, 3.63) is 59.4 Å². The zero-order valence-corrected chi connectivity index (χ0v) is 11.8. The number of anilines is 1. The molecule has 21 heavy (non-hydrogen) atoms. The highest BCUT2D eigenvalue weighted by Gasteiger charge is 2.24. The van der Waals surface area contributed by atoms with Crippen LogP contribution in [0.25, 0.3) is 0 Å². The second-order valence-corrected chi connectivity index (χ2v) is 5.17. The van der Waals surface area contributed by atoms with Crippen molar-refractivity contribution in [2.24, 2.45) is 0 Å². The molecular formula is C17H16FNO2. The fourth-order valence-corrected chi connectivity index (χ4v) is 2.43. The molecule has 0 N–H and O–H groups in total. The summed E-state index contributed by atoms with van der Waals surface area (Å²) in [5, 5.41) is 0. The number of halogens is 1. The molecule has 1 aliphatic rings. The maximum absolute atomic E-state index is 13.4. The van der Waals surface area contributed by atoms with Gasteiger partial charge in [0, 0.05) is 6.07 Å². The molecule has 0 saturated heterocycles. The number of nitrogens with zero attached hydrogens (tertiary/aromatic N) is 1. The van der Waals surface area contributed by atoms with Gasteiger partial charge < -0.3 is 9.64 Å². The Morgan fingerprint density at radius 2 is 2.00 bits per heavy atom. The minimum atomic E-state index is -0.368. The predicted octanol–water partition coefficient (Wildman–Crippen LogP) is 3.10. The number of rotatable bonds is 2. The molecule has 0 radical (unpaired) electrons. The van der Waals surface area contributed by atoms with Crippen molar-refractivity contribution in [1.29, 1.82) is 0 Å². The maximum atomic E-state index is 13.4. The van der Waals surface area contributed by atoms with Crippen LogP contribution in [0.5, 0.6) is 5.75 Å². The smallest absolute Gasteiger partial charge is 0.231 e. The topological polar surface area (TPSA) is 29.5 Å². The first kappa shape index (κ1) is 13.6. The second kappa shape index (κ2) is 5.56. The molecule has 0 atom stereocenters. The van der Waals surface area contributed by atoms with Crippen LogP contribution in [0.1, 0.15) is 11.1 Å². The minimum Gasteiger partial charge on any atom is -0.490 e.